The maximum absolute atomic E-state index is 13.6. The first-order valence-corrected chi connectivity index (χ1v) is 22.3. The van der Waals surface area contributed by atoms with Crippen LogP contribution in [-0.4, -0.2) is 21.2 Å². The second-order valence-corrected chi connectivity index (χ2v) is 20.0. The lowest BCUT2D eigenvalue weighted by molar-refractivity contribution is 0.122. The predicted octanol–water partition coefficient (Wildman–Crippen LogP) is 14.5. The Kier molecular flexibility index (Phi) is 9.98. The first kappa shape index (κ1) is 42.4. The highest BCUT2D eigenvalue weighted by molar-refractivity contribution is 6.21. The Labute approximate surface area is 382 Å². The SMILES string of the molecule is CC(C)(C)Oc1cc(OC(C)(C)C)c2cc(-c3cnc(-c4c5ccccc5c(-c5ccc(-c6cc7c(ccc8cc(C(C)(C)C)ccc87)oc6=O)cc5)c5ccccc45)cn3)c(=O)oc2c1. The fourth-order valence-electron chi connectivity index (χ4n) is 8.89. The molecule has 0 N–H and O–H groups in total. The molecule has 0 radical (unpaired) electrons. The predicted molar refractivity (Wildman–Crippen MR) is 268 cm³/mol. The Morgan fingerprint density at radius 3 is 1.62 bits per heavy atom. The van der Waals surface area contributed by atoms with Gasteiger partial charge in [0.25, 0.3) is 0 Å². The highest BCUT2D eigenvalue weighted by atomic mass is 16.5. The molecular formula is C58H50N2O6. The molecule has 0 unspecified atom stereocenters. The van der Waals surface area contributed by atoms with Crippen LogP contribution >= 0.6 is 0 Å². The molecule has 66 heavy (non-hydrogen) atoms. The minimum absolute atomic E-state index is 0.0122. The molecule has 10 rings (SSSR count). The van der Waals surface area contributed by atoms with Crippen LogP contribution in [0.15, 0.2) is 158 Å². The molecule has 7 aromatic carbocycles. The van der Waals surface area contributed by atoms with Crippen molar-refractivity contribution < 1.29 is 18.3 Å². The van der Waals surface area contributed by atoms with Gasteiger partial charge in [0.05, 0.1) is 40.3 Å². The van der Waals surface area contributed by atoms with Crippen LogP contribution in [0.3, 0.4) is 0 Å². The van der Waals surface area contributed by atoms with Gasteiger partial charge in [0.15, 0.2) is 0 Å². The van der Waals surface area contributed by atoms with Crippen LogP contribution in [0.2, 0.25) is 0 Å². The fourth-order valence-corrected chi connectivity index (χ4v) is 8.89. The summed E-state index contributed by atoms with van der Waals surface area (Å²) in [5, 5.41) is 7.73. The molecule has 0 amide bonds. The lowest BCUT2D eigenvalue weighted by Crippen LogP contribution is -2.24. The van der Waals surface area contributed by atoms with Crippen LogP contribution in [0.5, 0.6) is 11.5 Å². The van der Waals surface area contributed by atoms with E-state index in [4.69, 9.17) is 28.3 Å². The average Bonchev–Trinajstić information content (AvgIpc) is 3.26. The topological polar surface area (TPSA) is 105 Å². The van der Waals surface area contributed by atoms with Gasteiger partial charge in [-0.1, -0.05) is 118 Å². The molecule has 0 saturated carbocycles. The number of ether oxygens (including phenoxy) is 2. The van der Waals surface area contributed by atoms with Gasteiger partial charge in [-0.25, -0.2) is 9.59 Å². The van der Waals surface area contributed by atoms with Crippen LogP contribution in [0.25, 0.3) is 99.0 Å². The summed E-state index contributed by atoms with van der Waals surface area (Å²) >= 11 is 0. The Hall–Kier alpha value is -7.58. The van der Waals surface area contributed by atoms with E-state index < -0.39 is 16.8 Å². The summed E-state index contributed by atoms with van der Waals surface area (Å²) in [6, 6.07) is 42.4. The Bertz CT molecular complexity index is 3620. The number of fused-ring (bicyclic) bond motifs is 6. The van der Waals surface area contributed by atoms with Gasteiger partial charge >= 0.3 is 11.3 Å². The maximum Gasteiger partial charge on any atom is 0.345 e. The zero-order valence-corrected chi connectivity index (χ0v) is 38.6. The molecule has 0 aliphatic rings. The third-order valence-electron chi connectivity index (χ3n) is 11.8. The van der Waals surface area contributed by atoms with Gasteiger partial charge in [-0.15, -0.1) is 0 Å². The molecule has 8 nitrogen and oxygen atoms in total. The third kappa shape index (κ3) is 7.87. The number of hydrogen-bond donors (Lipinski definition) is 0. The van der Waals surface area contributed by atoms with Gasteiger partial charge < -0.3 is 18.3 Å². The second-order valence-electron chi connectivity index (χ2n) is 20.0. The van der Waals surface area contributed by atoms with Gasteiger partial charge in [0.2, 0.25) is 0 Å². The number of benzene rings is 7. The van der Waals surface area contributed by atoms with E-state index in [1.165, 1.54) is 5.56 Å². The molecule has 0 bridgehead atoms. The third-order valence-corrected chi connectivity index (χ3v) is 11.8. The largest absolute Gasteiger partial charge is 0.488 e. The van der Waals surface area contributed by atoms with Crippen molar-refractivity contribution in [3.63, 3.8) is 0 Å². The van der Waals surface area contributed by atoms with Crippen molar-refractivity contribution in [2.24, 2.45) is 0 Å². The highest BCUT2D eigenvalue weighted by Gasteiger charge is 2.23. The van der Waals surface area contributed by atoms with Crippen molar-refractivity contribution in [3.05, 3.63) is 166 Å². The zero-order valence-electron chi connectivity index (χ0n) is 38.6. The minimum atomic E-state index is -0.546. The quantitative estimate of drug-likeness (QED) is 0.0924. The van der Waals surface area contributed by atoms with E-state index in [0.717, 1.165) is 60.0 Å². The summed E-state index contributed by atoms with van der Waals surface area (Å²) in [5.74, 6) is 1.07. The van der Waals surface area contributed by atoms with Gasteiger partial charge in [0.1, 0.15) is 33.9 Å². The summed E-state index contributed by atoms with van der Waals surface area (Å²) in [7, 11) is 0. The molecule has 0 spiro atoms. The maximum atomic E-state index is 13.6. The molecule has 0 saturated heterocycles. The van der Waals surface area contributed by atoms with Crippen molar-refractivity contribution in [1.82, 2.24) is 9.97 Å². The standard InChI is InChI=1S/C58H50N2O6/c1-56(2,3)36-23-24-38-35(26-36)22-25-49-44(38)29-43(54(61)63-49)33-18-20-34(21-19-33)52-39-14-10-12-16-41(39)53(42-17-13-11-15-40(42)52)48-32-59-47(31-60-48)45-30-46-50(64-55(45)62)27-37(65-57(4,5)6)28-51(46)66-58(7,8)9/h10-32H,1-9H3. The number of aromatic nitrogens is 2. The normalized spacial score (nSPS) is 12.4. The molecule has 10 aromatic rings. The highest BCUT2D eigenvalue weighted by Crippen LogP contribution is 2.44. The summed E-state index contributed by atoms with van der Waals surface area (Å²) in [6.07, 6.45) is 3.34. The van der Waals surface area contributed by atoms with Gasteiger partial charge in [0, 0.05) is 23.1 Å². The number of hydrogen-bond acceptors (Lipinski definition) is 8. The van der Waals surface area contributed by atoms with E-state index in [1.54, 1.807) is 24.5 Å². The van der Waals surface area contributed by atoms with E-state index >= 15 is 0 Å². The molecule has 328 valence electrons. The molecule has 8 heteroatoms. The van der Waals surface area contributed by atoms with Gasteiger partial charge in [-0.05, 0) is 120 Å². The van der Waals surface area contributed by atoms with Crippen LogP contribution < -0.4 is 20.7 Å². The Morgan fingerprint density at radius 2 is 1.02 bits per heavy atom. The Morgan fingerprint density at radius 1 is 0.455 bits per heavy atom. The summed E-state index contributed by atoms with van der Waals surface area (Å²) < 4.78 is 24.4. The fraction of sp³-hybridized carbons (Fsp3) is 0.207. The van der Waals surface area contributed by atoms with E-state index in [-0.39, 0.29) is 16.6 Å². The van der Waals surface area contributed by atoms with Crippen LogP contribution in [-0.2, 0) is 5.41 Å². The molecule has 3 heterocycles. The van der Waals surface area contributed by atoms with E-state index in [1.807, 2.05) is 102 Å². The van der Waals surface area contributed by atoms with Crippen molar-refractivity contribution in [2.75, 3.05) is 0 Å². The van der Waals surface area contributed by atoms with Gasteiger partial charge in [-0.2, -0.15) is 0 Å². The lowest BCUT2D eigenvalue weighted by atomic mass is 9.85. The monoisotopic (exact) mass is 870 g/mol. The van der Waals surface area contributed by atoms with Crippen LogP contribution in [0.4, 0.5) is 0 Å². The molecule has 0 aliphatic heterocycles. The first-order chi connectivity index (χ1) is 31.4. The lowest BCUT2D eigenvalue weighted by Gasteiger charge is -2.25. The van der Waals surface area contributed by atoms with Crippen molar-refractivity contribution >= 4 is 54.3 Å². The molecule has 0 atom stereocenters. The van der Waals surface area contributed by atoms with Gasteiger partial charge in [-0.3, -0.25) is 9.97 Å². The first-order valence-electron chi connectivity index (χ1n) is 22.3. The van der Waals surface area contributed by atoms with E-state index in [9.17, 15) is 9.59 Å². The zero-order chi connectivity index (χ0) is 46.3. The smallest absolute Gasteiger partial charge is 0.345 e. The molecule has 0 fully saturated rings. The molecule has 0 aliphatic carbocycles. The Balaban J connectivity index is 1.04. The van der Waals surface area contributed by atoms with Crippen LogP contribution in [0.1, 0.15) is 67.9 Å². The van der Waals surface area contributed by atoms with Crippen LogP contribution in [0, 0.1) is 0 Å². The number of rotatable bonds is 6. The molecular weight excluding hydrogens is 821 g/mol. The summed E-state index contributed by atoms with van der Waals surface area (Å²) in [4.78, 5) is 36.9. The van der Waals surface area contributed by atoms with E-state index in [0.29, 0.717) is 45.0 Å². The summed E-state index contributed by atoms with van der Waals surface area (Å²) in [5.41, 5.74) is 5.81. The molecule has 3 aromatic heterocycles. The average molecular weight is 871 g/mol. The minimum Gasteiger partial charge on any atom is -0.488 e. The van der Waals surface area contributed by atoms with Crippen molar-refractivity contribution in [1.29, 1.82) is 0 Å². The second kappa shape index (κ2) is 15.5. The number of nitrogens with zero attached hydrogens (tertiary/aromatic N) is 2. The van der Waals surface area contributed by atoms with Crippen molar-refractivity contribution in [3.8, 4) is 56.3 Å². The summed E-state index contributed by atoms with van der Waals surface area (Å²) in [6.45, 7) is 18.4. The van der Waals surface area contributed by atoms with Crippen molar-refractivity contribution in [2.45, 2.75) is 78.9 Å². The van der Waals surface area contributed by atoms with E-state index in [2.05, 4.69) is 75.4 Å².